The summed E-state index contributed by atoms with van der Waals surface area (Å²) in [7, 11) is 1.67. The van der Waals surface area contributed by atoms with E-state index < -0.39 is 0 Å². The van der Waals surface area contributed by atoms with Crippen molar-refractivity contribution in [3.63, 3.8) is 0 Å². The van der Waals surface area contributed by atoms with Gasteiger partial charge >= 0.3 is 0 Å². The van der Waals surface area contributed by atoms with E-state index in [0.717, 1.165) is 43.1 Å². The Morgan fingerprint density at radius 2 is 1.96 bits per heavy atom. The Hall–Kier alpha value is -2.18. The van der Waals surface area contributed by atoms with E-state index in [9.17, 15) is 0 Å². The fourth-order valence-corrected chi connectivity index (χ4v) is 2.70. The van der Waals surface area contributed by atoms with Crippen LogP contribution in [0.4, 0.5) is 17.5 Å². The largest absolute Gasteiger partial charge is 0.378 e. The number of para-hydroxylation sites is 1. The van der Waals surface area contributed by atoms with E-state index in [1.54, 1.807) is 7.11 Å². The number of benzene rings is 1. The molecule has 3 rings (SSSR count). The van der Waals surface area contributed by atoms with Crippen LogP contribution in [-0.4, -0.2) is 36.2 Å². The molecule has 0 unspecified atom stereocenters. The number of anilines is 3. The van der Waals surface area contributed by atoms with Crippen molar-refractivity contribution >= 4 is 17.5 Å². The van der Waals surface area contributed by atoms with E-state index in [2.05, 4.69) is 20.2 Å². The lowest BCUT2D eigenvalue weighted by Gasteiger charge is -2.31. The van der Waals surface area contributed by atoms with Crippen molar-refractivity contribution in [2.24, 2.45) is 5.73 Å². The van der Waals surface area contributed by atoms with Crippen LogP contribution in [0.2, 0.25) is 0 Å². The van der Waals surface area contributed by atoms with E-state index in [1.807, 2.05) is 36.4 Å². The van der Waals surface area contributed by atoms with Crippen LogP contribution in [0, 0.1) is 0 Å². The van der Waals surface area contributed by atoms with Crippen molar-refractivity contribution < 1.29 is 4.74 Å². The molecule has 0 amide bonds. The molecule has 1 saturated heterocycles. The predicted octanol–water partition coefficient (Wildman–Crippen LogP) is 2.29. The molecule has 0 radical (unpaired) electrons. The van der Waals surface area contributed by atoms with Crippen LogP contribution >= 0.6 is 0 Å². The smallest absolute Gasteiger partial charge is 0.229 e. The highest BCUT2D eigenvalue weighted by molar-refractivity contribution is 5.55. The minimum atomic E-state index is 0.299. The summed E-state index contributed by atoms with van der Waals surface area (Å²) in [6.07, 6.45) is 1.98. The maximum Gasteiger partial charge on any atom is 0.229 e. The van der Waals surface area contributed by atoms with Crippen molar-refractivity contribution in [3.05, 3.63) is 42.1 Å². The molecule has 1 aromatic heterocycles. The van der Waals surface area contributed by atoms with Crippen LogP contribution in [0.15, 0.2) is 36.4 Å². The number of nitrogens with one attached hydrogen (secondary N) is 1. The van der Waals surface area contributed by atoms with Gasteiger partial charge in [-0.05, 0) is 25.0 Å². The molecule has 23 heavy (non-hydrogen) atoms. The average Bonchev–Trinajstić information content (AvgIpc) is 2.56. The highest BCUT2D eigenvalue weighted by Crippen LogP contribution is 2.21. The predicted molar refractivity (Wildman–Crippen MR) is 91.9 cm³/mol. The first kappa shape index (κ1) is 15.7. The SMILES string of the molecule is COCc1cc(N2CCC(N)CC2)nc(Nc2ccccc2)n1. The Morgan fingerprint density at radius 3 is 2.65 bits per heavy atom. The van der Waals surface area contributed by atoms with Gasteiger partial charge in [-0.3, -0.25) is 0 Å². The Balaban J connectivity index is 1.84. The van der Waals surface area contributed by atoms with Gasteiger partial charge in [-0.15, -0.1) is 0 Å². The molecule has 0 atom stereocenters. The number of rotatable bonds is 5. The summed E-state index contributed by atoms with van der Waals surface area (Å²) >= 11 is 0. The molecular weight excluding hydrogens is 290 g/mol. The molecule has 1 aliphatic heterocycles. The summed E-state index contributed by atoms with van der Waals surface area (Å²) in [5, 5.41) is 3.26. The highest BCUT2D eigenvalue weighted by Gasteiger charge is 2.18. The van der Waals surface area contributed by atoms with E-state index in [0.29, 0.717) is 18.6 Å². The molecule has 0 saturated carbocycles. The van der Waals surface area contributed by atoms with Gasteiger partial charge in [-0.1, -0.05) is 18.2 Å². The molecule has 1 aliphatic rings. The Labute approximate surface area is 136 Å². The number of hydrogen-bond donors (Lipinski definition) is 2. The lowest BCUT2D eigenvalue weighted by atomic mass is 10.1. The topological polar surface area (TPSA) is 76.3 Å². The Bertz CT molecular complexity index is 626. The van der Waals surface area contributed by atoms with Gasteiger partial charge in [0.2, 0.25) is 5.95 Å². The Morgan fingerprint density at radius 1 is 1.22 bits per heavy atom. The molecule has 0 bridgehead atoms. The molecule has 2 heterocycles. The van der Waals surface area contributed by atoms with Gasteiger partial charge in [0.1, 0.15) is 5.82 Å². The molecule has 1 fully saturated rings. The van der Waals surface area contributed by atoms with Crippen LogP contribution in [0.1, 0.15) is 18.5 Å². The quantitative estimate of drug-likeness (QED) is 0.882. The van der Waals surface area contributed by atoms with Crippen molar-refractivity contribution in [2.75, 3.05) is 30.4 Å². The van der Waals surface area contributed by atoms with Gasteiger partial charge < -0.3 is 20.7 Å². The van der Waals surface area contributed by atoms with Gasteiger partial charge in [0.15, 0.2) is 0 Å². The maximum absolute atomic E-state index is 5.99. The second-order valence-electron chi connectivity index (χ2n) is 5.79. The lowest BCUT2D eigenvalue weighted by Crippen LogP contribution is -2.40. The third-order valence-corrected chi connectivity index (χ3v) is 3.95. The van der Waals surface area contributed by atoms with Crippen LogP contribution < -0.4 is 16.0 Å². The second kappa shape index (κ2) is 7.39. The molecule has 6 heteroatoms. The number of hydrogen-bond acceptors (Lipinski definition) is 6. The van der Waals surface area contributed by atoms with E-state index in [-0.39, 0.29) is 0 Å². The van der Waals surface area contributed by atoms with Crippen LogP contribution in [0.25, 0.3) is 0 Å². The fraction of sp³-hybridized carbons (Fsp3) is 0.412. The summed E-state index contributed by atoms with van der Waals surface area (Å²) < 4.78 is 5.24. The van der Waals surface area contributed by atoms with E-state index in [4.69, 9.17) is 10.5 Å². The molecule has 2 aromatic rings. The standard InChI is InChI=1S/C17H23N5O/c1-23-12-15-11-16(22-9-7-13(18)8-10-22)21-17(20-15)19-14-5-3-2-4-6-14/h2-6,11,13H,7-10,12,18H2,1H3,(H,19,20,21). The van der Waals surface area contributed by atoms with E-state index >= 15 is 0 Å². The zero-order valence-electron chi connectivity index (χ0n) is 13.4. The molecule has 122 valence electrons. The van der Waals surface area contributed by atoms with Gasteiger partial charge in [-0.2, -0.15) is 4.98 Å². The number of nitrogens with two attached hydrogens (primary N) is 1. The van der Waals surface area contributed by atoms with Crippen molar-refractivity contribution in [1.29, 1.82) is 0 Å². The minimum absolute atomic E-state index is 0.299. The first-order valence-electron chi connectivity index (χ1n) is 7.94. The van der Waals surface area contributed by atoms with Crippen molar-refractivity contribution in [3.8, 4) is 0 Å². The summed E-state index contributed by atoms with van der Waals surface area (Å²) in [5.41, 5.74) is 7.83. The molecule has 3 N–H and O–H groups in total. The molecular formula is C17H23N5O. The van der Waals surface area contributed by atoms with Crippen LogP contribution in [-0.2, 0) is 11.3 Å². The first-order valence-corrected chi connectivity index (χ1v) is 7.94. The van der Waals surface area contributed by atoms with Crippen LogP contribution in [0.5, 0.6) is 0 Å². The summed E-state index contributed by atoms with van der Waals surface area (Å²) in [6, 6.07) is 12.2. The van der Waals surface area contributed by atoms with Crippen molar-refractivity contribution in [2.45, 2.75) is 25.5 Å². The molecule has 6 nitrogen and oxygen atoms in total. The van der Waals surface area contributed by atoms with Gasteiger partial charge in [0, 0.05) is 38.0 Å². The highest BCUT2D eigenvalue weighted by atomic mass is 16.5. The van der Waals surface area contributed by atoms with E-state index in [1.165, 1.54) is 0 Å². The molecule has 0 spiro atoms. The summed E-state index contributed by atoms with van der Waals surface area (Å²) in [5.74, 6) is 1.52. The van der Waals surface area contributed by atoms with Crippen molar-refractivity contribution in [1.82, 2.24) is 9.97 Å². The third-order valence-electron chi connectivity index (χ3n) is 3.95. The number of methoxy groups -OCH3 is 1. The number of aromatic nitrogens is 2. The monoisotopic (exact) mass is 313 g/mol. The second-order valence-corrected chi connectivity index (χ2v) is 5.79. The van der Waals surface area contributed by atoms with Gasteiger partial charge in [0.25, 0.3) is 0 Å². The molecule has 0 aliphatic carbocycles. The van der Waals surface area contributed by atoms with Gasteiger partial charge in [0.05, 0.1) is 12.3 Å². The average molecular weight is 313 g/mol. The molecule has 1 aromatic carbocycles. The number of nitrogens with zero attached hydrogens (tertiary/aromatic N) is 3. The number of ether oxygens (including phenoxy) is 1. The normalized spacial score (nSPS) is 15.7. The van der Waals surface area contributed by atoms with Gasteiger partial charge in [-0.25, -0.2) is 4.98 Å². The third kappa shape index (κ3) is 4.18. The van der Waals surface area contributed by atoms with Crippen LogP contribution in [0.3, 0.4) is 0 Å². The number of piperidine rings is 1. The zero-order chi connectivity index (χ0) is 16.1. The maximum atomic E-state index is 5.99. The zero-order valence-corrected chi connectivity index (χ0v) is 13.4. The summed E-state index contributed by atoms with van der Waals surface area (Å²) in [6.45, 7) is 2.32. The Kier molecular flexibility index (Phi) is 5.05. The summed E-state index contributed by atoms with van der Waals surface area (Å²) in [4.78, 5) is 11.5. The first-order chi connectivity index (χ1) is 11.2. The fourth-order valence-electron chi connectivity index (χ4n) is 2.70. The minimum Gasteiger partial charge on any atom is -0.378 e. The lowest BCUT2D eigenvalue weighted by molar-refractivity contribution is 0.181.